The van der Waals surface area contributed by atoms with Gasteiger partial charge >= 0.3 is 5.97 Å². The van der Waals surface area contributed by atoms with Gasteiger partial charge < -0.3 is 14.6 Å². The molecule has 0 unspecified atom stereocenters. The van der Waals surface area contributed by atoms with Crippen LogP contribution in [0.4, 0.5) is 9.18 Å². The number of benzene rings is 2. The molecule has 2 amide bonds. The van der Waals surface area contributed by atoms with Gasteiger partial charge in [-0.2, -0.15) is 0 Å². The quantitative estimate of drug-likeness (QED) is 0.631. The normalized spacial score (nSPS) is 15.0. The topological polar surface area (TPSA) is 93.1 Å². The molecule has 1 saturated heterocycles. The number of carboxylic acids is 1. The van der Waals surface area contributed by atoms with E-state index < -0.39 is 29.5 Å². The molecule has 1 aliphatic heterocycles. The van der Waals surface area contributed by atoms with Gasteiger partial charge in [0.1, 0.15) is 5.82 Å². The van der Waals surface area contributed by atoms with Gasteiger partial charge in [-0.1, -0.05) is 23.7 Å². The lowest BCUT2D eigenvalue weighted by Crippen LogP contribution is -2.28. The fraction of sp³-hybridized carbons (Fsp3) is 0.150. The molecule has 1 heterocycles. The third-order valence-electron chi connectivity index (χ3n) is 4.09. The second kappa shape index (κ2) is 9.19. The molecule has 7 nitrogen and oxygen atoms in total. The minimum absolute atomic E-state index is 0.0596. The fourth-order valence-corrected chi connectivity index (χ4v) is 3.72. The summed E-state index contributed by atoms with van der Waals surface area (Å²) < 4.78 is 24.3. The fourth-order valence-electron chi connectivity index (χ4n) is 2.66. The molecule has 0 aliphatic carbocycles. The summed E-state index contributed by atoms with van der Waals surface area (Å²) in [4.78, 5) is 36.7. The molecule has 0 radical (unpaired) electrons. The Morgan fingerprint density at radius 3 is 2.70 bits per heavy atom. The van der Waals surface area contributed by atoms with E-state index in [-0.39, 0.29) is 33.5 Å². The van der Waals surface area contributed by atoms with Crippen molar-refractivity contribution in [2.75, 3.05) is 13.7 Å². The lowest BCUT2D eigenvalue weighted by Gasteiger charge is -2.14. The molecule has 2 aromatic carbocycles. The predicted octanol–water partition coefficient (Wildman–Crippen LogP) is 4.19. The molecule has 0 aromatic heterocycles. The number of methoxy groups -OCH3 is 1. The molecule has 0 atom stereocenters. The number of amides is 2. The largest absolute Gasteiger partial charge is 0.493 e. The van der Waals surface area contributed by atoms with Crippen LogP contribution in [0.25, 0.3) is 6.08 Å². The van der Waals surface area contributed by atoms with Crippen LogP contribution in [0.2, 0.25) is 5.02 Å². The van der Waals surface area contributed by atoms with Crippen molar-refractivity contribution in [2.24, 2.45) is 0 Å². The monoisotopic (exact) mass is 451 g/mol. The number of carbonyl (C=O) groups is 3. The van der Waals surface area contributed by atoms with Crippen LogP contribution in [0.15, 0.2) is 41.3 Å². The first-order chi connectivity index (χ1) is 14.3. The Bertz CT molecular complexity index is 1040. The van der Waals surface area contributed by atoms with Crippen molar-refractivity contribution in [3.8, 4) is 11.5 Å². The number of ether oxygens (including phenoxy) is 2. The first-order valence-electron chi connectivity index (χ1n) is 8.51. The van der Waals surface area contributed by atoms with Crippen molar-refractivity contribution in [1.29, 1.82) is 0 Å². The van der Waals surface area contributed by atoms with Gasteiger partial charge in [0.2, 0.25) is 0 Å². The van der Waals surface area contributed by atoms with E-state index in [1.54, 1.807) is 12.1 Å². The Kier molecular flexibility index (Phi) is 6.63. The van der Waals surface area contributed by atoms with Gasteiger partial charge in [0.15, 0.2) is 18.1 Å². The van der Waals surface area contributed by atoms with Crippen molar-refractivity contribution in [3.05, 3.63) is 63.3 Å². The Balaban J connectivity index is 1.82. The summed E-state index contributed by atoms with van der Waals surface area (Å²) in [6, 6.07) is 8.74. The highest BCUT2D eigenvalue weighted by atomic mass is 35.5. The summed E-state index contributed by atoms with van der Waals surface area (Å²) in [7, 11) is 1.39. The number of carbonyl (C=O) groups excluding carboxylic acids is 2. The summed E-state index contributed by atoms with van der Waals surface area (Å²) >= 11 is 6.71. The zero-order chi connectivity index (χ0) is 21.8. The minimum atomic E-state index is -1.13. The molecule has 3 rings (SSSR count). The van der Waals surface area contributed by atoms with E-state index in [1.165, 1.54) is 37.5 Å². The average Bonchev–Trinajstić information content (AvgIpc) is 2.96. The molecular weight excluding hydrogens is 437 g/mol. The van der Waals surface area contributed by atoms with Crippen LogP contribution in [0.1, 0.15) is 11.1 Å². The third-order valence-corrected chi connectivity index (χ3v) is 5.35. The SMILES string of the molecule is COc1cc(/C=C2/SC(=O)N(Cc3c(F)cccc3Cl)C2=O)ccc1OCC(=O)O. The number of thioether (sulfide) groups is 1. The van der Waals surface area contributed by atoms with Gasteiger partial charge in [0.25, 0.3) is 11.1 Å². The number of imide groups is 1. The van der Waals surface area contributed by atoms with Gasteiger partial charge in [0, 0.05) is 10.6 Å². The van der Waals surface area contributed by atoms with Crippen molar-refractivity contribution in [2.45, 2.75) is 6.54 Å². The van der Waals surface area contributed by atoms with Crippen molar-refractivity contribution >= 4 is 46.6 Å². The van der Waals surface area contributed by atoms with Crippen LogP contribution < -0.4 is 9.47 Å². The predicted molar refractivity (Wildman–Crippen MR) is 109 cm³/mol. The van der Waals surface area contributed by atoms with Crippen molar-refractivity contribution in [3.63, 3.8) is 0 Å². The number of halogens is 2. The Morgan fingerprint density at radius 2 is 2.03 bits per heavy atom. The number of carboxylic acid groups (broad SMARTS) is 1. The van der Waals surface area contributed by atoms with Gasteiger partial charge in [-0.25, -0.2) is 9.18 Å². The molecule has 0 saturated carbocycles. The second-order valence-corrected chi connectivity index (χ2v) is 7.46. The summed E-state index contributed by atoms with van der Waals surface area (Å²) in [6.45, 7) is -0.813. The highest BCUT2D eigenvalue weighted by Crippen LogP contribution is 2.36. The number of nitrogens with zero attached hydrogens (tertiary/aromatic N) is 1. The average molecular weight is 452 g/mol. The first kappa shape index (κ1) is 21.7. The summed E-state index contributed by atoms with van der Waals surface area (Å²) in [6.07, 6.45) is 1.48. The molecule has 1 aliphatic rings. The molecule has 10 heteroatoms. The lowest BCUT2D eigenvalue weighted by molar-refractivity contribution is -0.139. The number of aliphatic carboxylic acids is 1. The molecule has 156 valence electrons. The number of rotatable bonds is 7. The van der Waals surface area contributed by atoms with Crippen LogP contribution in [-0.4, -0.2) is 40.8 Å². The van der Waals surface area contributed by atoms with E-state index in [0.717, 1.165) is 16.7 Å². The maximum Gasteiger partial charge on any atom is 0.341 e. The van der Waals surface area contributed by atoms with E-state index in [9.17, 15) is 18.8 Å². The smallest absolute Gasteiger partial charge is 0.341 e. The zero-order valence-corrected chi connectivity index (χ0v) is 17.1. The van der Waals surface area contributed by atoms with E-state index in [2.05, 4.69) is 0 Å². The first-order valence-corrected chi connectivity index (χ1v) is 9.70. The van der Waals surface area contributed by atoms with Crippen LogP contribution in [0, 0.1) is 5.82 Å². The molecule has 2 aromatic rings. The molecule has 1 fully saturated rings. The van der Waals surface area contributed by atoms with Gasteiger partial charge in [-0.05, 0) is 47.7 Å². The van der Waals surface area contributed by atoms with E-state index >= 15 is 0 Å². The highest BCUT2D eigenvalue weighted by Gasteiger charge is 2.36. The second-order valence-electron chi connectivity index (χ2n) is 6.06. The summed E-state index contributed by atoms with van der Waals surface area (Å²) in [5, 5.41) is 8.30. The van der Waals surface area contributed by atoms with E-state index in [4.69, 9.17) is 26.2 Å². The van der Waals surface area contributed by atoms with Crippen molar-refractivity contribution in [1.82, 2.24) is 4.90 Å². The van der Waals surface area contributed by atoms with Gasteiger partial charge in [-0.15, -0.1) is 0 Å². The molecular formula is C20H15ClFNO6S. The third kappa shape index (κ3) is 4.74. The summed E-state index contributed by atoms with van der Waals surface area (Å²) in [5.41, 5.74) is 0.591. The van der Waals surface area contributed by atoms with Crippen LogP contribution >= 0.6 is 23.4 Å². The molecule has 0 spiro atoms. The van der Waals surface area contributed by atoms with Gasteiger partial charge in [0.05, 0.1) is 18.6 Å². The minimum Gasteiger partial charge on any atom is -0.493 e. The standard InChI is InChI=1S/C20H15ClFNO6S/c1-28-16-7-11(5-6-15(16)29-10-18(24)25)8-17-19(26)23(20(27)30-17)9-12-13(21)3-2-4-14(12)22/h2-8H,9-10H2,1H3,(H,24,25)/b17-8+. The maximum absolute atomic E-state index is 14.0. The van der Waals surface area contributed by atoms with Gasteiger partial charge in [-0.3, -0.25) is 14.5 Å². The zero-order valence-electron chi connectivity index (χ0n) is 15.6. The van der Waals surface area contributed by atoms with E-state index in [0.29, 0.717) is 5.56 Å². The maximum atomic E-state index is 14.0. The Labute approximate surface area is 180 Å². The van der Waals surface area contributed by atoms with E-state index in [1.807, 2.05) is 0 Å². The highest BCUT2D eigenvalue weighted by molar-refractivity contribution is 8.18. The van der Waals surface area contributed by atoms with Crippen LogP contribution in [-0.2, 0) is 16.1 Å². The summed E-state index contributed by atoms with van der Waals surface area (Å²) in [5.74, 6) is -1.83. The number of hydrogen-bond acceptors (Lipinski definition) is 6. The van der Waals surface area contributed by atoms with Crippen molar-refractivity contribution < 1.29 is 33.4 Å². The van der Waals surface area contributed by atoms with Crippen LogP contribution in [0.5, 0.6) is 11.5 Å². The Morgan fingerprint density at radius 1 is 1.27 bits per heavy atom. The molecule has 0 bridgehead atoms. The molecule has 30 heavy (non-hydrogen) atoms. The Hall–Kier alpha value is -3.04. The molecule has 1 N–H and O–H groups in total. The number of hydrogen-bond donors (Lipinski definition) is 1. The lowest BCUT2D eigenvalue weighted by atomic mass is 10.1. The van der Waals surface area contributed by atoms with Crippen LogP contribution in [0.3, 0.4) is 0 Å².